The van der Waals surface area contributed by atoms with E-state index in [4.69, 9.17) is 5.84 Å². The highest BCUT2D eigenvalue weighted by atomic mass is 19.4. The average Bonchev–Trinajstić information content (AvgIpc) is 3.11. The molecule has 0 aliphatic heterocycles. The van der Waals surface area contributed by atoms with Crippen LogP contribution in [-0.2, 0) is 6.18 Å². The Labute approximate surface area is 108 Å². The van der Waals surface area contributed by atoms with E-state index in [1.807, 2.05) is 12.3 Å². The Morgan fingerprint density at radius 3 is 2.63 bits per heavy atom. The van der Waals surface area contributed by atoms with Crippen molar-refractivity contribution >= 4 is 11.8 Å². The fourth-order valence-corrected chi connectivity index (χ4v) is 1.90. The van der Waals surface area contributed by atoms with Crippen LogP contribution in [0.25, 0.3) is 0 Å². The van der Waals surface area contributed by atoms with Crippen molar-refractivity contribution in [3.8, 4) is 0 Å². The molecule has 0 bridgehead atoms. The van der Waals surface area contributed by atoms with E-state index in [0.717, 1.165) is 12.5 Å². The zero-order chi connectivity index (χ0) is 14.0. The summed E-state index contributed by atoms with van der Waals surface area (Å²) < 4.78 is 38.0. The van der Waals surface area contributed by atoms with E-state index in [1.165, 1.54) is 12.8 Å². The Morgan fingerprint density at radius 1 is 1.42 bits per heavy atom. The number of hydrogen-bond donors (Lipinski definition) is 3. The zero-order valence-electron chi connectivity index (χ0n) is 10.5. The van der Waals surface area contributed by atoms with Crippen LogP contribution in [0.3, 0.4) is 0 Å². The van der Waals surface area contributed by atoms with Gasteiger partial charge in [-0.2, -0.15) is 18.2 Å². The van der Waals surface area contributed by atoms with Crippen molar-refractivity contribution in [2.75, 3.05) is 10.7 Å². The first-order chi connectivity index (χ1) is 8.88. The Bertz CT molecular complexity index is 444. The third-order valence-electron chi connectivity index (χ3n) is 2.92. The molecule has 0 spiro atoms. The van der Waals surface area contributed by atoms with Crippen LogP contribution in [0.15, 0.2) is 6.07 Å². The van der Waals surface area contributed by atoms with Crippen LogP contribution >= 0.6 is 0 Å². The van der Waals surface area contributed by atoms with Crippen molar-refractivity contribution in [3.05, 3.63) is 11.8 Å². The van der Waals surface area contributed by atoms with Gasteiger partial charge in [0.15, 0.2) is 5.69 Å². The number of alkyl halides is 3. The van der Waals surface area contributed by atoms with Gasteiger partial charge in [-0.05, 0) is 19.3 Å². The number of nitrogens with two attached hydrogens (primary N) is 1. The van der Waals surface area contributed by atoms with Crippen LogP contribution < -0.4 is 16.6 Å². The van der Waals surface area contributed by atoms with Crippen molar-refractivity contribution in [2.45, 2.75) is 38.4 Å². The second-order valence-electron chi connectivity index (χ2n) is 4.83. The Hall–Kier alpha value is -1.57. The van der Waals surface area contributed by atoms with E-state index in [-0.39, 0.29) is 17.8 Å². The van der Waals surface area contributed by atoms with Crippen LogP contribution in [0.5, 0.6) is 0 Å². The van der Waals surface area contributed by atoms with Gasteiger partial charge in [0, 0.05) is 12.1 Å². The topological polar surface area (TPSA) is 75.9 Å². The normalized spacial score (nSPS) is 17.1. The van der Waals surface area contributed by atoms with Crippen LogP contribution in [0, 0.1) is 5.92 Å². The highest BCUT2D eigenvalue weighted by molar-refractivity contribution is 5.43. The fraction of sp³-hybridized carbons (Fsp3) is 0.636. The van der Waals surface area contributed by atoms with Crippen molar-refractivity contribution in [2.24, 2.45) is 11.8 Å². The highest BCUT2D eigenvalue weighted by Crippen LogP contribution is 2.34. The van der Waals surface area contributed by atoms with Gasteiger partial charge in [-0.25, -0.2) is 10.8 Å². The summed E-state index contributed by atoms with van der Waals surface area (Å²) in [6.07, 6.45) is -1.21. The maximum Gasteiger partial charge on any atom is 0.433 e. The number of halogens is 3. The third kappa shape index (κ3) is 3.95. The average molecular weight is 275 g/mol. The molecule has 1 atom stereocenters. The van der Waals surface area contributed by atoms with Crippen LogP contribution in [0.1, 0.15) is 31.9 Å². The largest absolute Gasteiger partial charge is 0.433 e. The number of rotatable bonds is 5. The van der Waals surface area contributed by atoms with Gasteiger partial charge in [-0.1, -0.05) is 12.8 Å². The Kier molecular flexibility index (Phi) is 3.79. The molecule has 1 fully saturated rings. The summed E-state index contributed by atoms with van der Waals surface area (Å²) in [5, 5.41) is 2.95. The molecule has 1 heterocycles. The molecule has 0 aromatic carbocycles. The van der Waals surface area contributed by atoms with Gasteiger partial charge in [0.1, 0.15) is 5.82 Å². The van der Waals surface area contributed by atoms with E-state index in [0.29, 0.717) is 5.92 Å². The number of anilines is 2. The van der Waals surface area contributed by atoms with Gasteiger partial charge in [0.25, 0.3) is 0 Å². The van der Waals surface area contributed by atoms with Crippen molar-refractivity contribution < 1.29 is 13.2 Å². The number of nitrogens with one attached hydrogen (secondary N) is 2. The first kappa shape index (κ1) is 13.9. The minimum Gasteiger partial charge on any atom is -0.367 e. The van der Waals surface area contributed by atoms with Gasteiger partial charge in [0.05, 0.1) is 0 Å². The predicted molar refractivity (Wildman–Crippen MR) is 65.3 cm³/mol. The summed E-state index contributed by atoms with van der Waals surface area (Å²) in [4.78, 5) is 7.17. The summed E-state index contributed by atoms with van der Waals surface area (Å²) in [5.74, 6) is 5.64. The molecule has 106 valence electrons. The molecule has 1 unspecified atom stereocenters. The fourth-order valence-electron chi connectivity index (χ4n) is 1.90. The predicted octanol–water partition coefficient (Wildman–Crippen LogP) is 2.38. The van der Waals surface area contributed by atoms with Gasteiger partial charge < -0.3 is 5.32 Å². The lowest BCUT2D eigenvalue weighted by atomic mass is 10.1. The van der Waals surface area contributed by atoms with Crippen molar-refractivity contribution in [3.63, 3.8) is 0 Å². The number of hydrazine groups is 1. The smallest absolute Gasteiger partial charge is 0.367 e. The monoisotopic (exact) mass is 275 g/mol. The highest BCUT2D eigenvalue weighted by Gasteiger charge is 2.34. The van der Waals surface area contributed by atoms with E-state index in [2.05, 4.69) is 15.3 Å². The minimum atomic E-state index is -4.52. The van der Waals surface area contributed by atoms with Crippen LogP contribution in [0.4, 0.5) is 24.9 Å². The molecule has 0 amide bonds. The molecule has 1 aromatic rings. The van der Waals surface area contributed by atoms with Crippen LogP contribution in [-0.4, -0.2) is 16.0 Å². The summed E-state index contributed by atoms with van der Waals surface area (Å²) in [7, 11) is 0. The van der Waals surface area contributed by atoms with E-state index in [1.54, 1.807) is 0 Å². The standard InChI is InChI=1S/C11H16F3N5/c1-6(4-7-2-3-7)16-9-5-8(11(12,13)14)17-10(18-9)19-15/h5-7H,2-4,15H2,1H3,(H2,16,17,18,19). The van der Waals surface area contributed by atoms with E-state index in [9.17, 15) is 13.2 Å². The molecule has 1 aliphatic rings. The molecule has 5 nitrogen and oxygen atoms in total. The van der Waals surface area contributed by atoms with Gasteiger partial charge >= 0.3 is 6.18 Å². The maximum atomic E-state index is 12.7. The van der Waals surface area contributed by atoms with E-state index >= 15 is 0 Å². The molecule has 1 aromatic heterocycles. The van der Waals surface area contributed by atoms with E-state index < -0.39 is 11.9 Å². The quantitative estimate of drug-likeness (QED) is 0.568. The molecule has 2 rings (SSSR count). The molecular weight excluding hydrogens is 259 g/mol. The van der Waals surface area contributed by atoms with Gasteiger partial charge in [-0.15, -0.1) is 0 Å². The summed E-state index contributed by atoms with van der Waals surface area (Å²) in [6, 6.07) is 0.957. The second kappa shape index (κ2) is 5.20. The molecule has 1 aliphatic carbocycles. The second-order valence-corrected chi connectivity index (χ2v) is 4.83. The first-order valence-electron chi connectivity index (χ1n) is 6.08. The summed E-state index contributed by atoms with van der Waals surface area (Å²) >= 11 is 0. The number of aromatic nitrogens is 2. The number of nitrogen functional groups attached to an aromatic ring is 1. The lowest BCUT2D eigenvalue weighted by Crippen LogP contribution is -2.20. The first-order valence-corrected chi connectivity index (χ1v) is 6.08. The molecule has 0 radical (unpaired) electrons. The third-order valence-corrected chi connectivity index (χ3v) is 2.92. The Morgan fingerprint density at radius 2 is 2.11 bits per heavy atom. The summed E-state index contributed by atoms with van der Waals surface area (Å²) in [6.45, 7) is 1.92. The Balaban J connectivity index is 2.13. The van der Waals surface area contributed by atoms with Gasteiger partial charge in [0.2, 0.25) is 5.95 Å². The maximum absolute atomic E-state index is 12.7. The molecule has 8 heteroatoms. The van der Waals surface area contributed by atoms with Crippen LogP contribution in [0.2, 0.25) is 0 Å². The van der Waals surface area contributed by atoms with Crippen molar-refractivity contribution in [1.29, 1.82) is 0 Å². The SMILES string of the molecule is CC(CC1CC1)Nc1cc(C(F)(F)F)nc(NN)n1. The van der Waals surface area contributed by atoms with Crippen molar-refractivity contribution in [1.82, 2.24) is 9.97 Å². The van der Waals surface area contributed by atoms with Gasteiger partial charge in [-0.3, -0.25) is 5.43 Å². The lowest BCUT2D eigenvalue weighted by Gasteiger charge is -2.16. The molecule has 0 saturated heterocycles. The molecule has 1 saturated carbocycles. The summed E-state index contributed by atoms with van der Waals surface area (Å²) in [5.41, 5.74) is 1.03. The number of hydrogen-bond acceptors (Lipinski definition) is 5. The zero-order valence-corrected chi connectivity index (χ0v) is 10.5. The lowest BCUT2D eigenvalue weighted by molar-refractivity contribution is -0.141. The molecule has 4 N–H and O–H groups in total. The number of nitrogens with zero attached hydrogens (tertiary/aromatic N) is 2. The molecular formula is C11H16F3N5. The minimum absolute atomic E-state index is 0.0640. The molecule has 19 heavy (non-hydrogen) atoms.